The first-order valence-electron chi connectivity index (χ1n) is 4.86. The quantitative estimate of drug-likeness (QED) is 0.461. The highest BCUT2D eigenvalue weighted by molar-refractivity contribution is 4.88. The molecule has 0 heterocycles. The van der Waals surface area contributed by atoms with E-state index in [0.29, 0.717) is 5.41 Å². The van der Waals surface area contributed by atoms with Gasteiger partial charge in [0.15, 0.2) is 0 Å². The Labute approximate surface area is 70.7 Å². The van der Waals surface area contributed by atoms with Crippen molar-refractivity contribution in [3.05, 3.63) is 12.2 Å². The molecule has 1 aliphatic carbocycles. The van der Waals surface area contributed by atoms with Crippen LogP contribution >= 0.6 is 0 Å². The molecule has 0 aliphatic heterocycles. The molecule has 0 bridgehead atoms. The molecule has 11 heavy (non-hydrogen) atoms. The van der Waals surface area contributed by atoms with Crippen LogP contribution in [0.5, 0.6) is 0 Å². The first-order chi connectivity index (χ1) is 5.21. The van der Waals surface area contributed by atoms with Crippen LogP contribution in [0.15, 0.2) is 12.2 Å². The lowest BCUT2D eigenvalue weighted by Crippen LogP contribution is -2.08. The molecule has 0 fully saturated rings. The summed E-state index contributed by atoms with van der Waals surface area (Å²) >= 11 is 0. The third-order valence-corrected chi connectivity index (χ3v) is 2.56. The Bertz CT molecular complexity index is 131. The van der Waals surface area contributed by atoms with Gasteiger partial charge in [-0.25, -0.2) is 0 Å². The van der Waals surface area contributed by atoms with Gasteiger partial charge in [-0.15, -0.1) is 0 Å². The number of hydrogen-bond donors (Lipinski definition) is 0. The molecule has 0 heteroatoms. The molecule has 0 aromatic rings. The highest BCUT2D eigenvalue weighted by atomic mass is 14.2. The Morgan fingerprint density at radius 2 is 1.82 bits per heavy atom. The largest absolute Gasteiger partial charge is 0.0885 e. The Hall–Kier alpha value is -0.260. The van der Waals surface area contributed by atoms with Crippen molar-refractivity contribution in [1.29, 1.82) is 0 Å². The lowest BCUT2D eigenvalue weighted by Gasteiger charge is -2.21. The Morgan fingerprint density at radius 1 is 1.00 bits per heavy atom. The summed E-state index contributed by atoms with van der Waals surface area (Å²) in [5, 5.41) is 0. The van der Waals surface area contributed by atoms with Crippen LogP contribution in [0.3, 0.4) is 0 Å². The maximum Gasteiger partial charge on any atom is -0.0299 e. The van der Waals surface area contributed by atoms with E-state index in [0.717, 1.165) is 0 Å². The SMILES string of the molecule is CC1(C)CC=CCCCCC1. The topological polar surface area (TPSA) is 0 Å². The molecule has 0 saturated carbocycles. The molecule has 0 aromatic heterocycles. The summed E-state index contributed by atoms with van der Waals surface area (Å²) < 4.78 is 0. The molecule has 0 saturated heterocycles. The van der Waals surface area contributed by atoms with Gasteiger partial charge in [0.1, 0.15) is 0 Å². The van der Waals surface area contributed by atoms with E-state index >= 15 is 0 Å². The van der Waals surface area contributed by atoms with Gasteiger partial charge in [0, 0.05) is 0 Å². The monoisotopic (exact) mass is 152 g/mol. The van der Waals surface area contributed by atoms with Crippen molar-refractivity contribution in [2.45, 2.75) is 52.4 Å². The summed E-state index contributed by atoms with van der Waals surface area (Å²) in [5.41, 5.74) is 0.556. The van der Waals surface area contributed by atoms with Gasteiger partial charge in [0.05, 0.1) is 0 Å². The van der Waals surface area contributed by atoms with Gasteiger partial charge >= 0.3 is 0 Å². The molecule has 1 rings (SSSR count). The van der Waals surface area contributed by atoms with Crippen molar-refractivity contribution < 1.29 is 0 Å². The maximum absolute atomic E-state index is 2.38. The predicted molar refractivity (Wildman–Crippen MR) is 50.6 cm³/mol. The minimum Gasteiger partial charge on any atom is -0.0885 e. The predicted octanol–water partition coefficient (Wildman–Crippen LogP) is 3.92. The van der Waals surface area contributed by atoms with Crippen LogP contribution in [0.2, 0.25) is 0 Å². The smallest absolute Gasteiger partial charge is 0.0299 e. The third-order valence-electron chi connectivity index (χ3n) is 2.56. The number of rotatable bonds is 0. The second-order valence-electron chi connectivity index (χ2n) is 4.44. The third kappa shape index (κ3) is 3.60. The van der Waals surface area contributed by atoms with E-state index in [1.165, 1.54) is 38.5 Å². The molecule has 0 aromatic carbocycles. The second-order valence-corrected chi connectivity index (χ2v) is 4.44. The molecule has 0 nitrogen and oxygen atoms in total. The zero-order valence-electron chi connectivity index (χ0n) is 7.90. The molecule has 64 valence electrons. The van der Waals surface area contributed by atoms with Crippen LogP contribution in [-0.2, 0) is 0 Å². The van der Waals surface area contributed by atoms with Crippen LogP contribution in [-0.4, -0.2) is 0 Å². The summed E-state index contributed by atoms with van der Waals surface area (Å²) in [6.07, 6.45) is 12.9. The summed E-state index contributed by atoms with van der Waals surface area (Å²) in [4.78, 5) is 0. The number of allylic oxidation sites excluding steroid dienone is 2. The minimum atomic E-state index is 0.556. The molecule has 0 N–H and O–H groups in total. The van der Waals surface area contributed by atoms with E-state index in [1.807, 2.05) is 0 Å². The molecular formula is C11H20. The van der Waals surface area contributed by atoms with Crippen molar-refractivity contribution in [3.8, 4) is 0 Å². The summed E-state index contributed by atoms with van der Waals surface area (Å²) in [7, 11) is 0. The van der Waals surface area contributed by atoms with Crippen molar-refractivity contribution in [3.63, 3.8) is 0 Å². The summed E-state index contributed by atoms with van der Waals surface area (Å²) in [5.74, 6) is 0. The average Bonchev–Trinajstić information content (AvgIpc) is 2.00. The maximum atomic E-state index is 2.38. The van der Waals surface area contributed by atoms with Crippen molar-refractivity contribution >= 4 is 0 Å². The standard InChI is InChI=1S/C11H20/c1-11(2)9-7-5-3-4-6-8-10-11/h5,7H,3-4,6,8-10H2,1-2H3. The second kappa shape index (κ2) is 3.94. The van der Waals surface area contributed by atoms with Gasteiger partial charge < -0.3 is 0 Å². The van der Waals surface area contributed by atoms with Crippen molar-refractivity contribution in [1.82, 2.24) is 0 Å². The van der Waals surface area contributed by atoms with E-state index in [1.54, 1.807) is 0 Å². The van der Waals surface area contributed by atoms with E-state index in [4.69, 9.17) is 0 Å². The van der Waals surface area contributed by atoms with E-state index in [9.17, 15) is 0 Å². The Morgan fingerprint density at radius 3 is 2.64 bits per heavy atom. The normalized spacial score (nSPS) is 25.3. The van der Waals surface area contributed by atoms with Crippen LogP contribution in [0.1, 0.15) is 52.4 Å². The highest BCUT2D eigenvalue weighted by Crippen LogP contribution is 2.29. The summed E-state index contributed by atoms with van der Waals surface area (Å²) in [6.45, 7) is 4.76. The van der Waals surface area contributed by atoms with Crippen LogP contribution in [0, 0.1) is 5.41 Å². The van der Waals surface area contributed by atoms with Gasteiger partial charge in [0.25, 0.3) is 0 Å². The van der Waals surface area contributed by atoms with E-state index in [2.05, 4.69) is 26.0 Å². The molecule has 0 unspecified atom stereocenters. The fourth-order valence-electron chi connectivity index (χ4n) is 1.66. The zero-order chi connectivity index (χ0) is 8.16. The zero-order valence-corrected chi connectivity index (χ0v) is 7.90. The van der Waals surface area contributed by atoms with Crippen LogP contribution < -0.4 is 0 Å². The fraction of sp³-hybridized carbons (Fsp3) is 0.818. The average molecular weight is 152 g/mol. The van der Waals surface area contributed by atoms with Crippen LogP contribution in [0.25, 0.3) is 0 Å². The molecular weight excluding hydrogens is 132 g/mol. The molecule has 1 aliphatic rings. The fourth-order valence-corrected chi connectivity index (χ4v) is 1.66. The lowest BCUT2D eigenvalue weighted by molar-refractivity contribution is 0.326. The molecule has 0 spiro atoms. The van der Waals surface area contributed by atoms with Crippen molar-refractivity contribution in [2.75, 3.05) is 0 Å². The summed E-state index contributed by atoms with van der Waals surface area (Å²) in [6, 6.07) is 0. The molecule has 0 atom stereocenters. The Balaban J connectivity index is 2.43. The highest BCUT2D eigenvalue weighted by Gasteiger charge is 2.15. The van der Waals surface area contributed by atoms with Gasteiger partial charge in [-0.3, -0.25) is 0 Å². The molecule has 0 amide bonds. The number of hydrogen-bond acceptors (Lipinski definition) is 0. The molecule has 0 radical (unpaired) electrons. The van der Waals surface area contributed by atoms with Gasteiger partial charge in [-0.05, 0) is 31.1 Å². The Kier molecular flexibility index (Phi) is 3.16. The van der Waals surface area contributed by atoms with E-state index < -0.39 is 0 Å². The lowest BCUT2D eigenvalue weighted by atomic mass is 9.84. The first-order valence-corrected chi connectivity index (χ1v) is 4.86. The first kappa shape index (κ1) is 8.83. The van der Waals surface area contributed by atoms with Gasteiger partial charge in [-0.2, -0.15) is 0 Å². The van der Waals surface area contributed by atoms with Gasteiger partial charge in [-0.1, -0.05) is 38.8 Å². The van der Waals surface area contributed by atoms with Crippen molar-refractivity contribution in [2.24, 2.45) is 5.41 Å². The van der Waals surface area contributed by atoms with Crippen LogP contribution in [0.4, 0.5) is 0 Å². The van der Waals surface area contributed by atoms with Gasteiger partial charge in [0.2, 0.25) is 0 Å². The van der Waals surface area contributed by atoms with E-state index in [-0.39, 0.29) is 0 Å². The minimum absolute atomic E-state index is 0.556.